The van der Waals surface area contributed by atoms with Gasteiger partial charge in [0.1, 0.15) is 5.60 Å². The summed E-state index contributed by atoms with van der Waals surface area (Å²) in [6, 6.07) is 4.29. The van der Waals surface area contributed by atoms with Gasteiger partial charge < -0.3 is 25.4 Å². The fourth-order valence-electron chi connectivity index (χ4n) is 2.28. The number of rotatable bonds is 3. The lowest BCUT2D eigenvalue weighted by Gasteiger charge is -2.40. The van der Waals surface area contributed by atoms with Gasteiger partial charge >= 0.3 is 6.09 Å². The van der Waals surface area contributed by atoms with Crippen LogP contribution in [0.2, 0.25) is 0 Å². The van der Waals surface area contributed by atoms with Crippen LogP contribution in [-0.2, 0) is 11.3 Å². The predicted octanol–water partition coefficient (Wildman–Crippen LogP) is 1.82. The molecule has 25 heavy (non-hydrogen) atoms. The topological polar surface area (TPSA) is 86.2 Å². The molecule has 0 radical (unpaired) electrons. The first-order chi connectivity index (χ1) is 11.7. The van der Waals surface area contributed by atoms with E-state index in [4.69, 9.17) is 4.74 Å². The van der Waals surface area contributed by atoms with Crippen molar-refractivity contribution in [3.63, 3.8) is 0 Å². The van der Waals surface area contributed by atoms with Crippen molar-refractivity contribution >= 4 is 12.1 Å². The molecule has 2 rings (SSSR count). The van der Waals surface area contributed by atoms with E-state index < -0.39 is 11.4 Å². The highest BCUT2D eigenvalue weighted by molar-refractivity contribution is 5.80. The minimum atomic E-state index is -0.658. The lowest BCUT2D eigenvalue weighted by molar-refractivity contribution is 0.00701. The Kier molecular flexibility index (Phi) is 5.71. The molecule has 0 aliphatic carbocycles. The van der Waals surface area contributed by atoms with Crippen molar-refractivity contribution in [2.75, 3.05) is 20.1 Å². The molecule has 0 bridgehead atoms. The molecule has 1 fully saturated rings. The van der Waals surface area contributed by atoms with E-state index in [1.165, 1.54) is 12.1 Å². The molecule has 1 aromatic rings. The molecule has 1 saturated heterocycles. The van der Waals surface area contributed by atoms with Crippen molar-refractivity contribution in [3.8, 4) is 5.75 Å². The van der Waals surface area contributed by atoms with Crippen LogP contribution in [0.4, 0.5) is 9.18 Å². The van der Waals surface area contributed by atoms with E-state index in [1.807, 2.05) is 20.8 Å². The zero-order chi connectivity index (χ0) is 18.6. The zero-order valence-electron chi connectivity index (χ0n) is 15.0. The molecule has 138 valence electrons. The van der Waals surface area contributed by atoms with Gasteiger partial charge in [-0.15, -0.1) is 0 Å². The monoisotopic (exact) mass is 352 g/mol. The lowest BCUT2D eigenvalue weighted by Crippen LogP contribution is -2.63. The molecule has 1 aliphatic rings. The highest BCUT2D eigenvalue weighted by Crippen LogP contribution is 2.16. The average molecular weight is 352 g/mol. The average Bonchev–Trinajstić information content (AvgIpc) is 2.47. The minimum Gasteiger partial charge on any atom is -0.505 e. The Bertz CT molecular complexity index is 652. The van der Waals surface area contributed by atoms with Gasteiger partial charge in [0.15, 0.2) is 17.5 Å². The lowest BCUT2D eigenvalue weighted by atomic mass is 10.1. The SMILES string of the molecule is CN=C(NCc1ccc(O)c(F)c1)NC1CN(C(=O)OC(C)(C)C)C1. The molecule has 3 N–H and O–H groups in total. The Hall–Kier alpha value is -2.51. The molecule has 8 heteroatoms. The van der Waals surface area contributed by atoms with Crippen molar-refractivity contribution in [2.45, 2.75) is 39.0 Å². The maximum absolute atomic E-state index is 13.3. The number of aliphatic imine (C=N–C) groups is 1. The van der Waals surface area contributed by atoms with Crippen LogP contribution in [0, 0.1) is 5.82 Å². The van der Waals surface area contributed by atoms with Crippen LogP contribution in [-0.4, -0.2) is 53.8 Å². The standard InChI is InChI=1S/C17H25FN4O3/c1-17(2,3)25-16(24)22-9-12(10-22)21-15(19-4)20-8-11-5-6-14(23)13(18)7-11/h5-7,12,23H,8-10H2,1-4H3,(H2,19,20,21). The Morgan fingerprint density at radius 1 is 1.44 bits per heavy atom. The van der Waals surface area contributed by atoms with Gasteiger partial charge in [-0.1, -0.05) is 6.07 Å². The van der Waals surface area contributed by atoms with Crippen molar-refractivity contribution in [1.29, 1.82) is 0 Å². The van der Waals surface area contributed by atoms with Crippen LogP contribution in [0.15, 0.2) is 23.2 Å². The van der Waals surface area contributed by atoms with Crippen LogP contribution in [0.25, 0.3) is 0 Å². The summed E-state index contributed by atoms with van der Waals surface area (Å²) in [5.74, 6) is -0.473. The molecule has 0 saturated carbocycles. The number of carbonyl (C=O) groups excluding carboxylic acids is 1. The summed E-state index contributed by atoms with van der Waals surface area (Å²) < 4.78 is 18.6. The summed E-state index contributed by atoms with van der Waals surface area (Å²) in [5, 5.41) is 15.5. The van der Waals surface area contributed by atoms with E-state index in [2.05, 4.69) is 15.6 Å². The van der Waals surface area contributed by atoms with Gasteiger partial charge in [0, 0.05) is 26.7 Å². The molecule has 7 nitrogen and oxygen atoms in total. The van der Waals surface area contributed by atoms with Crippen molar-refractivity contribution in [3.05, 3.63) is 29.6 Å². The molecule has 0 spiro atoms. The largest absolute Gasteiger partial charge is 0.505 e. The summed E-state index contributed by atoms with van der Waals surface area (Å²) >= 11 is 0. The van der Waals surface area contributed by atoms with Crippen LogP contribution >= 0.6 is 0 Å². The smallest absolute Gasteiger partial charge is 0.410 e. The number of hydrogen-bond acceptors (Lipinski definition) is 4. The van der Waals surface area contributed by atoms with Gasteiger partial charge in [0.05, 0.1) is 6.04 Å². The number of halogens is 1. The molecule has 1 aliphatic heterocycles. The third-order valence-electron chi connectivity index (χ3n) is 3.57. The second-order valence-corrected chi connectivity index (χ2v) is 6.94. The number of likely N-dealkylation sites (tertiary alicyclic amines) is 1. The Morgan fingerprint density at radius 3 is 2.68 bits per heavy atom. The van der Waals surface area contributed by atoms with Crippen LogP contribution in [0.5, 0.6) is 5.75 Å². The van der Waals surface area contributed by atoms with Gasteiger partial charge in [-0.05, 0) is 38.5 Å². The number of benzene rings is 1. The maximum atomic E-state index is 13.3. The normalized spacial score (nSPS) is 15.6. The number of phenols is 1. The number of ether oxygens (including phenoxy) is 1. The second-order valence-electron chi connectivity index (χ2n) is 6.94. The van der Waals surface area contributed by atoms with Crippen LogP contribution in [0.1, 0.15) is 26.3 Å². The zero-order valence-corrected chi connectivity index (χ0v) is 15.0. The van der Waals surface area contributed by atoms with Crippen LogP contribution in [0.3, 0.4) is 0 Å². The molecule has 0 unspecified atom stereocenters. The third-order valence-corrected chi connectivity index (χ3v) is 3.57. The fraction of sp³-hybridized carbons (Fsp3) is 0.529. The van der Waals surface area contributed by atoms with E-state index in [0.717, 1.165) is 0 Å². The summed E-state index contributed by atoms with van der Waals surface area (Å²) in [5.41, 5.74) is 0.175. The quantitative estimate of drug-likeness (QED) is 0.571. The molecule has 1 heterocycles. The van der Waals surface area contributed by atoms with Crippen molar-refractivity contribution < 1.29 is 19.0 Å². The van der Waals surface area contributed by atoms with Gasteiger partial charge in [-0.25, -0.2) is 9.18 Å². The molecule has 0 aromatic heterocycles. The first kappa shape index (κ1) is 18.8. The Labute approximate surface area is 146 Å². The molecular formula is C17H25FN4O3. The molecule has 1 amide bonds. The first-order valence-corrected chi connectivity index (χ1v) is 8.10. The van der Waals surface area contributed by atoms with Crippen LogP contribution < -0.4 is 10.6 Å². The highest BCUT2D eigenvalue weighted by atomic mass is 19.1. The fourth-order valence-corrected chi connectivity index (χ4v) is 2.28. The number of carbonyl (C=O) groups is 1. The van der Waals surface area contributed by atoms with E-state index in [0.29, 0.717) is 31.2 Å². The Balaban J connectivity index is 1.76. The second kappa shape index (κ2) is 7.58. The van der Waals surface area contributed by atoms with Gasteiger partial charge in [0.25, 0.3) is 0 Å². The first-order valence-electron chi connectivity index (χ1n) is 8.10. The molecular weight excluding hydrogens is 327 g/mol. The van der Waals surface area contributed by atoms with E-state index in [-0.39, 0.29) is 17.9 Å². The van der Waals surface area contributed by atoms with E-state index in [1.54, 1.807) is 18.0 Å². The van der Waals surface area contributed by atoms with Crippen molar-refractivity contribution in [1.82, 2.24) is 15.5 Å². The number of phenolic OH excluding ortho intramolecular Hbond substituents is 1. The summed E-state index contributed by atoms with van der Waals surface area (Å²) in [4.78, 5) is 17.6. The number of nitrogens with zero attached hydrogens (tertiary/aromatic N) is 2. The number of amides is 1. The minimum absolute atomic E-state index is 0.0790. The van der Waals surface area contributed by atoms with E-state index in [9.17, 15) is 14.3 Å². The third kappa shape index (κ3) is 5.51. The predicted molar refractivity (Wildman–Crippen MR) is 93.0 cm³/mol. The number of nitrogens with one attached hydrogen (secondary N) is 2. The van der Waals surface area contributed by atoms with Crippen molar-refractivity contribution in [2.24, 2.45) is 4.99 Å². The highest BCUT2D eigenvalue weighted by Gasteiger charge is 2.34. The van der Waals surface area contributed by atoms with Gasteiger partial charge in [-0.2, -0.15) is 0 Å². The summed E-state index contributed by atoms with van der Waals surface area (Å²) in [6.45, 7) is 6.92. The number of guanidine groups is 1. The van der Waals surface area contributed by atoms with E-state index >= 15 is 0 Å². The summed E-state index contributed by atoms with van der Waals surface area (Å²) in [7, 11) is 1.64. The summed E-state index contributed by atoms with van der Waals surface area (Å²) in [6.07, 6.45) is -0.326. The van der Waals surface area contributed by atoms with Gasteiger partial charge in [-0.3, -0.25) is 4.99 Å². The van der Waals surface area contributed by atoms with Gasteiger partial charge in [0.2, 0.25) is 0 Å². The Morgan fingerprint density at radius 2 is 2.12 bits per heavy atom. The maximum Gasteiger partial charge on any atom is 0.410 e. The number of aromatic hydroxyl groups is 1. The molecule has 1 aromatic carbocycles. The number of hydrogen-bond donors (Lipinski definition) is 3. The molecule has 0 atom stereocenters.